The average molecular weight is 330 g/mol. The molecular formula is C10H10CaO6S2. The Bertz CT molecular complexity index is 755. The first kappa shape index (κ1) is 16.8. The minimum atomic E-state index is -4.47. The van der Waals surface area contributed by atoms with Crippen LogP contribution in [0.25, 0.3) is 10.8 Å². The molecule has 19 heavy (non-hydrogen) atoms. The second kappa shape index (κ2) is 5.64. The fourth-order valence-corrected chi connectivity index (χ4v) is 3.12. The van der Waals surface area contributed by atoms with Gasteiger partial charge in [0.2, 0.25) is 0 Å². The molecule has 100 valence electrons. The molecule has 0 heterocycles. The molecule has 0 spiro atoms. The van der Waals surface area contributed by atoms with Crippen LogP contribution in [0.3, 0.4) is 0 Å². The summed E-state index contributed by atoms with van der Waals surface area (Å²) >= 11 is 0. The zero-order chi connectivity index (χ0) is 13.6. The first-order valence-electron chi connectivity index (χ1n) is 4.68. The number of hydrogen-bond acceptors (Lipinski definition) is 4. The molecule has 0 radical (unpaired) electrons. The van der Waals surface area contributed by atoms with Crippen LogP contribution < -0.4 is 0 Å². The van der Waals surface area contributed by atoms with Crippen molar-refractivity contribution in [2.24, 2.45) is 0 Å². The number of benzene rings is 2. The topological polar surface area (TPSA) is 109 Å². The first-order chi connectivity index (χ1) is 8.21. The first-order valence-corrected chi connectivity index (χ1v) is 7.56. The molecule has 2 aromatic carbocycles. The minimum absolute atomic E-state index is 0. The van der Waals surface area contributed by atoms with Gasteiger partial charge in [-0.05, 0) is 12.1 Å². The zero-order valence-corrected chi connectivity index (χ0v) is 10.4. The van der Waals surface area contributed by atoms with Crippen LogP contribution in [0.1, 0.15) is 0 Å². The van der Waals surface area contributed by atoms with Crippen molar-refractivity contribution in [3.63, 3.8) is 0 Å². The summed E-state index contributed by atoms with van der Waals surface area (Å²) in [6.07, 6.45) is 0. The molecule has 0 unspecified atom stereocenters. The third-order valence-corrected chi connectivity index (χ3v) is 4.22. The van der Waals surface area contributed by atoms with Crippen molar-refractivity contribution >= 4 is 68.7 Å². The Morgan fingerprint density at radius 3 is 1.26 bits per heavy atom. The van der Waals surface area contributed by atoms with Gasteiger partial charge in [-0.1, -0.05) is 24.3 Å². The molecule has 0 atom stereocenters. The van der Waals surface area contributed by atoms with Gasteiger partial charge in [-0.3, -0.25) is 9.11 Å². The summed E-state index contributed by atoms with van der Waals surface area (Å²) in [6, 6.07) is 7.53. The van der Waals surface area contributed by atoms with Gasteiger partial charge in [-0.25, -0.2) is 0 Å². The summed E-state index contributed by atoms with van der Waals surface area (Å²) in [5.41, 5.74) is 0. The molecule has 0 aliphatic carbocycles. The van der Waals surface area contributed by atoms with Crippen LogP contribution in [-0.4, -0.2) is 63.7 Å². The van der Waals surface area contributed by atoms with Crippen LogP contribution in [0.5, 0.6) is 0 Å². The summed E-state index contributed by atoms with van der Waals surface area (Å²) in [4.78, 5) is -0.823. The van der Waals surface area contributed by atoms with E-state index in [1.807, 2.05) is 0 Å². The molecular weight excluding hydrogens is 320 g/mol. The van der Waals surface area contributed by atoms with Gasteiger partial charge < -0.3 is 0 Å². The Morgan fingerprint density at radius 2 is 1.00 bits per heavy atom. The summed E-state index contributed by atoms with van der Waals surface area (Å²) < 4.78 is 62.7. The van der Waals surface area contributed by atoms with Crippen molar-refractivity contribution in [3.8, 4) is 0 Å². The molecule has 0 saturated carbocycles. The van der Waals surface area contributed by atoms with E-state index in [4.69, 9.17) is 9.11 Å². The number of hydrogen-bond donors (Lipinski definition) is 2. The van der Waals surface area contributed by atoms with E-state index < -0.39 is 30.0 Å². The summed E-state index contributed by atoms with van der Waals surface area (Å²) in [5, 5.41) is 0.0465. The zero-order valence-electron chi connectivity index (χ0n) is 8.81. The van der Waals surface area contributed by atoms with E-state index >= 15 is 0 Å². The molecule has 9 heteroatoms. The van der Waals surface area contributed by atoms with Crippen LogP contribution >= 0.6 is 0 Å². The molecule has 0 saturated heterocycles. The third kappa shape index (κ3) is 3.46. The van der Waals surface area contributed by atoms with Gasteiger partial charge in [0.15, 0.2) is 0 Å². The standard InChI is InChI=1S/C10H8O6S2.Ca.2H/c11-17(12,13)9-5-1-3-7-8(9)4-2-6-10(7)18(14,15)16;;;/h1-6H,(H,11,12,13)(H,14,15,16);;;. The fraction of sp³-hybridized carbons (Fsp3) is 0. The maximum atomic E-state index is 11.2. The van der Waals surface area contributed by atoms with Gasteiger partial charge in [0.25, 0.3) is 20.2 Å². The second-order valence-electron chi connectivity index (χ2n) is 3.56. The molecule has 6 nitrogen and oxygen atoms in total. The summed E-state index contributed by atoms with van der Waals surface area (Å²) in [6.45, 7) is 0. The average Bonchev–Trinajstić information content (AvgIpc) is 2.24. The second-order valence-corrected chi connectivity index (χ2v) is 6.34. The number of rotatable bonds is 2. The van der Waals surface area contributed by atoms with Crippen molar-refractivity contribution in [1.82, 2.24) is 0 Å². The van der Waals surface area contributed by atoms with E-state index in [-0.39, 0.29) is 48.5 Å². The molecule has 0 aliphatic rings. The van der Waals surface area contributed by atoms with Gasteiger partial charge >= 0.3 is 37.7 Å². The Balaban J connectivity index is 0.00000180. The molecule has 2 N–H and O–H groups in total. The van der Waals surface area contributed by atoms with Crippen molar-refractivity contribution in [3.05, 3.63) is 36.4 Å². The predicted octanol–water partition coefficient (Wildman–Crippen LogP) is 0.417. The SMILES string of the molecule is O=S(=O)(O)c1cccc2c(S(=O)(=O)O)cccc12.[CaH2]. The molecule has 0 aromatic heterocycles. The van der Waals surface area contributed by atoms with Crippen LogP contribution in [0.15, 0.2) is 46.2 Å². The van der Waals surface area contributed by atoms with Crippen molar-refractivity contribution in [2.75, 3.05) is 0 Å². The van der Waals surface area contributed by atoms with Gasteiger partial charge in [0.05, 0.1) is 0 Å². The predicted molar refractivity (Wildman–Crippen MR) is 72.1 cm³/mol. The maximum absolute atomic E-state index is 11.2. The van der Waals surface area contributed by atoms with E-state index in [0.717, 1.165) is 12.1 Å². The van der Waals surface area contributed by atoms with Gasteiger partial charge in [-0.15, -0.1) is 0 Å². The molecule has 0 amide bonds. The Labute approximate surface area is 139 Å². The van der Waals surface area contributed by atoms with Gasteiger partial charge in [0, 0.05) is 10.8 Å². The molecule has 2 aromatic rings. The van der Waals surface area contributed by atoms with E-state index in [9.17, 15) is 16.8 Å². The van der Waals surface area contributed by atoms with E-state index in [2.05, 4.69) is 0 Å². The Kier molecular flexibility index (Phi) is 5.00. The number of fused-ring (bicyclic) bond motifs is 1. The van der Waals surface area contributed by atoms with Crippen molar-refractivity contribution in [1.29, 1.82) is 0 Å². The van der Waals surface area contributed by atoms with Gasteiger partial charge in [-0.2, -0.15) is 16.8 Å². The van der Waals surface area contributed by atoms with Crippen LogP contribution in [-0.2, 0) is 20.2 Å². The van der Waals surface area contributed by atoms with E-state index in [1.165, 1.54) is 24.3 Å². The van der Waals surface area contributed by atoms with Crippen molar-refractivity contribution < 1.29 is 25.9 Å². The monoisotopic (exact) mass is 330 g/mol. The van der Waals surface area contributed by atoms with Crippen LogP contribution in [0, 0.1) is 0 Å². The molecule has 0 fully saturated rings. The molecule has 0 bridgehead atoms. The van der Waals surface area contributed by atoms with Crippen LogP contribution in [0.2, 0.25) is 0 Å². The van der Waals surface area contributed by atoms with E-state index in [0.29, 0.717) is 0 Å². The fourth-order valence-electron chi connectivity index (χ4n) is 1.70. The van der Waals surface area contributed by atoms with Crippen molar-refractivity contribution in [2.45, 2.75) is 9.79 Å². The Morgan fingerprint density at radius 1 is 0.684 bits per heavy atom. The Hall–Kier alpha value is -0.220. The quantitative estimate of drug-likeness (QED) is 0.610. The molecule has 0 aliphatic heterocycles. The summed E-state index contributed by atoms with van der Waals surface area (Å²) in [5.74, 6) is 0. The van der Waals surface area contributed by atoms with Crippen LogP contribution in [0.4, 0.5) is 0 Å². The van der Waals surface area contributed by atoms with Gasteiger partial charge in [0.1, 0.15) is 9.79 Å². The normalized spacial score (nSPS) is 12.1. The third-order valence-electron chi connectivity index (χ3n) is 2.40. The summed E-state index contributed by atoms with van der Waals surface area (Å²) in [7, 11) is -8.94. The molecule has 2 rings (SSSR count). The van der Waals surface area contributed by atoms with E-state index in [1.54, 1.807) is 0 Å².